The van der Waals surface area contributed by atoms with Crippen LogP contribution in [0.3, 0.4) is 0 Å². The van der Waals surface area contributed by atoms with Gasteiger partial charge in [-0.15, -0.1) is 0 Å². The molecule has 1 fully saturated rings. The molecular weight excluding hydrogens is 388 g/mol. The van der Waals surface area contributed by atoms with Gasteiger partial charge in [-0.25, -0.2) is 0 Å². The average molecular weight is 418 g/mol. The van der Waals surface area contributed by atoms with Crippen LogP contribution in [0.2, 0.25) is 0 Å². The molecule has 0 radical (unpaired) electrons. The molecular formula is C23H30O7. The largest absolute Gasteiger partial charge is 0.487 e. The van der Waals surface area contributed by atoms with E-state index in [1.807, 2.05) is 6.92 Å². The van der Waals surface area contributed by atoms with Crippen molar-refractivity contribution in [3.63, 3.8) is 0 Å². The first-order valence-corrected chi connectivity index (χ1v) is 10.5. The minimum Gasteiger partial charge on any atom is -0.487 e. The fourth-order valence-electron chi connectivity index (χ4n) is 5.50. The molecule has 30 heavy (non-hydrogen) atoms. The first kappa shape index (κ1) is 21.3. The molecule has 3 N–H and O–H groups in total. The number of aliphatic hydroxyl groups excluding tert-OH is 1. The molecule has 7 heteroatoms. The highest BCUT2D eigenvalue weighted by Crippen LogP contribution is 2.62. The van der Waals surface area contributed by atoms with E-state index in [1.165, 1.54) is 0 Å². The van der Waals surface area contributed by atoms with E-state index >= 15 is 0 Å². The van der Waals surface area contributed by atoms with Crippen LogP contribution >= 0.6 is 0 Å². The van der Waals surface area contributed by atoms with Crippen molar-refractivity contribution in [1.29, 1.82) is 0 Å². The highest BCUT2D eigenvalue weighted by molar-refractivity contribution is 5.95. The van der Waals surface area contributed by atoms with E-state index in [9.17, 15) is 24.9 Å². The zero-order chi connectivity index (χ0) is 22.1. The normalized spacial score (nSPS) is 35.1. The summed E-state index contributed by atoms with van der Waals surface area (Å²) >= 11 is 0. The highest BCUT2D eigenvalue weighted by atomic mass is 16.5. The Kier molecular flexibility index (Phi) is 4.80. The van der Waals surface area contributed by atoms with Gasteiger partial charge in [0.2, 0.25) is 0 Å². The second-order valence-electron chi connectivity index (χ2n) is 10.0. The molecule has 2 heterocycles. The fourth-order valence-corrected chi connectivity index (χ4v) is 5.50. The smallest absolute Gasteiger partial charge is 0.154 e. The number of benzene rings is 1. The van der Waals surface area contributed by atoms with Crippen molar-refractivity contribution in [3.05, 3.63) is 22.8 Å². The first-order chi connectivity index (χ1) is 13.9. The van der Waals surface area contributed by atoms with E-state index in [2.05, 4.69) is 0 Å². The Labute approximate surface area is 176 Å². The van der Waals surface area contributed by atoms with Crippen LogP contribution in [0.1, 0.15) is 85.6 Å². The van der Waals surface area contributed by atoms with Gasteiger partial charge in [0.1, 0.15) is 23.2 Å². The summed E-state index contributed by atoms with van der Waals surface area (Å²) in [7, 11) is 0. The summed E-state index contributed by atoms with van der Waals surface area (Å²) in [5.74, 6) is 0.632. The fraction of sp³-hybridized carbons (Fsp3) is 0.652. The molecule has 4 rings (SSSR count). The van der Waals surface area contributed by atoms with Crippen LogP contribution in [0, 0.1) is 5.92 Å². The predicted molar refractivity (Wildman–Crippen MR) is 108 cm³/mol. The number of hydrogen-bond acceptors (Lipinski definition) is 7. The van der Waals surface area contributed by atoms with Gasteiger partial charge in [-0.05, 0) is 59.4 Å². The zero-order valence-electron chi connectivity index (χ0n) is 17.8. The van der Waals surface area contributed by atoms with E-state index in [1.54, 1.807) is 26.8 Å². The second-order valence-corrected chi connectivity index (χ2v) is 10.0. The monoisotopic (exact) mass is 418 g/mol. The van der Waals surface area contributed by atoms with Crippen LogP contribution in [-0.4, -0.2) is 56.9 Å². The zero-order valence-corrected chi connectivity index (χ0v) is 17.8. The summed E-state index contributed by atoms with van der Waals surface area (Å²) in [4.78, 5) is 23.3. The van der Waals surface area contributed by atoms with E-state index in [-0.39, 0.29) is 23.0 Å². The molecule has 1 aromatic carbocycles. The standard InChI is InChI=1S/C23H30O7/c1-21(2,27)16(26)6-8-23(4)14-5-7-22(3,28)20-17(14)18-15(30-23)9-12(10-24)13(11-25)19(18)29-20/h9-11,14,16-17,20,26-28H,5-8H2,1-4H3/t14-,16?,17+,20-,22+,23+/m0/s1. The Hall–Kier alpha value is -1.96. The molecule has 6 atom stereocenters. The number of rotatable bonds is 6. The summed E-state index contributed by atoms with van der Waals surface area (Å²) in [6, 6.07) is 1.57. The van der Waals surface area contributed by atoms with Crippen LogP contribution in [-0.2, 0) is 0 Å². The second kappa shape index (κ2) is 6.77. The summed E-state index contributed by atoms with van der Waals surface area (Å²) in [6.07, 6.45) is 1.77. The number of hydrogen-bond donors (Lipinski definition) is 3. The van der Waals surface area contributed by atoms with Gasteiger partial charge in [-0.3, -0.25) is 9.59 Å². The molecule has 0 aromatic heterocycles. The Morgan fingerprint density at radius 3 is 2.60 bits per heavy atom. The molecule has 2 aliphatic heterocycles. The molecule has 1 unspecified atom stereocenters. The third-order valence-corrected chi connectivity index (χ3v) is 7.37. The maximum absolute atomic E-state index is 11.7. The number of ether oxygens (including phenoxy) is 2. The minimum absolute atomic E-state index is 0.00735. The van der Waals surface area contributed by atoms with Crippen molar-refractivity contribution in [2.24, 2.45) is 5.92 Å². The maximum atomic E-state index is 11.7. The van der Waals surface area contributed by atoms with E-state index in [4.69, 9.17) is 9.47 Å². The lowest BCUT2D eigenvalue weighted by molar-refractivity contribution is -0.130. The Balaban J connectivity index is 1.80. The summed E-state index contributed by atoms with van der Waals surface area (Å²) in [5.41, 5.74) is -1.87. The topological polar surface area (TPSA) is 113 Å². The lowest BCUT2D eigenvalue weighted by Crippen LogP contribution is -2.58. The number of aliphatic hydroxyl groups is 3. The first-order valence-electron chi connectivity index (χ1n) is 10.5. The SMILES string of the molecule is CC(C)(O)C(O)CC[C@@]1(C)Oc2cc(C=O)c(C=O)c3c2[C@H]2[C@@H]1CC[C@@](C)(O)[C@H]2O3. The van der Waals surface area contributed by atoms with Crippen LogP contribution < -0.4 is 9.47 Å². The third kappa shape index (κ3) is 3.06. The number of carbonyl (C=O) groups is 2. The van der Waals surface area contributed by atoms with Crippen molar-refractivity contribution in [2.45, 2.75) is 88.3 Å². The van der Waals surface area contributed by atoms with Gasteiger partial charge in [-0.1, -0.05) is 0 Å². The maximum Gasteiger partial charge on any atom is 0.154 e. The van der Waals surface area contributed by atoms with Crippen molar-refractivity contribution in [1.82, 2.24) is 0 Å². The van der Waals surface area contributed by atoms with Gasteiger partial charge in [0.25, 0.3) is 0 Å². The Morgan fingerprint density at radius 2 is 2.00 bits per heavy atom. The van der Waals surface area contributed by atoms with Crippen LogP contribution in [0.25, 0.3) is 0 Å². The van der Waals surface area contributed by atoms with Gasteiger partial charge in [0.05, 0.1) is 22.9 Å². The molecule has 3 aliphatic rings. The number of aldehydes is 2. The van der Waals surface area contributed by atoms with Gasteiger partial charge >= 0.3 is 0 Å². The lowest BCUT2D eigenvalue weighted by atomic mass is 9.60. The Morgan fingerprint density at radius 1 is 1.30 bits per heavy atom. The molecule has 0 saturated heterocycles. The van der Waals surface area contributed by atoms with Crippen LogP contribution in [0.4, 0.5) is 0 Å². The van der Waals surface area contributed by atoms with Gasteiger partial charge in [-0.2, -0.15) is 0 Å². The Bertz CT molecular complexity index is 885. The van der Waals surface area contributed by atoms with Gasteiger partial charge in [0, 0.05) is 23.0 Å². The van der Waals surface area contributed by atoms with Crippen molar-refractivity contribution in [3.8, 4) is 11.5 Å². The molecule has 1 saturated carbocycles. The molecule has 1 aliphatic carbocycles. The minimum atomic E-state index is -1.23. The van der Waals surface area contributed by atoms with Gasteiger partial charge in [0.15, 0.2) is 12.6 Å². The van der Waals surface area contributed by atoms with Crippen molar-refractivity contribution in [2.75, 3.05) is 0 Å². The van der Waals surface area contributed by atoms with Crippen molar-refractivity contribution >= 4 is 12.6 Å². The predicted octanol–water partition coefficient (Wildman–Crippen LogP) is 2.38. The van der Waals surface area contributed by atoms with Gasteiger partial charge < -0.3 is 24.8 Å². The molecule has 0 amide bonds. The molecule has 7 nitrogen and oxygen atoms in total. The van der Waals surface area contributed by atoms with Crippen LogP contribution in [0.5, 0.6) is 11.5 Å². The quantitative estimate of drug-likeness (QED) is 0.608. The molecule has 0 bridgehead atoms. The van der Waals surface area contributed by atoms with E-state index < -0.39 is 29.0 Å². The lowest BCUT2D eigenvalue weighted by Gasteiger charge is -2.52. The molecule has 164 valence electrons. The number of carbonyl (C=O) groups excluding carboxylic acids is 2. The highest BCUT2D eigenvalue weighted by Gasteiger charge is 2.61. The molecule has 0 spiro atoms. The summed E-state index contributed by atoms with van der Waals surface area (Å²) < 4.78 is 12.6. The van der Waals surface area contributed by atoms with E-state index in [0.29, 0.717) is 49.8 Å². The average Bonchev–Trinajstić information content (AvgIpc) is 3.07. The third-order valence-electron chi connectivity index (χ3n) is 7.37. The summed E-state index contributed by atoms with van der Waals surface area (Å²) in [6.45, 7) is 6.85. The molecule has 1 aromatic rings. The van der Waals surface area contributed by atoms with Crippen molar-refractivity contribution < 1.29 is 34.4 Å². The summed E-state index contributed by atoms with van der Waals surface area (Å²) in [5, 5.41) is 31.5. The van der Waals surface area contributed by atoms with E-state index in [0.717, 1.165) is 5.56 Å². The van der Waals surface area contributed by atoms with Crippen LogP contribution in [0.15, 0.2) is 6.07 Å².